The van der Waals surface area contributed by atoms with Crippen LogP contribution in [0.25, 0.3) is 10.7 Å². The number of rotatable bonds is 3. The number of aromatic amines is 1. The SMILES string of the molecule is O=c1[nH]c(-c2cccs2)nc2c1CN(Cc1cc(O)cc(O)c1)CC2. The summed E-state index contributed by atoms with van der Waals surface area (Å²) >= 11 is 1.55. The third-order valence-electron chi connectivity index (χ3n) is 4.27. The van der Waals surface area contributed by atoms with Gasteiger partial charge in [0.15, 0.2) is 5.82 Å². The number of phenols is 2. The van der Waals surface area contributed by atoms with Crippen LogP contribution in [0.2, 0.25) is 0 Å². The largest absolute Gasteiger partial charge is 0.508 e. The molecule has 0 bridgehead atoms. The number of hydrogen-bond donors (Lipinski definition) is 3. The van der Waals surface area contributed by atoms with Crippen LogP contribution < -0.4 is 5.56 Å². The van der Waals surface area contributed by atoms with Crippen molar-refractivity contribution in [3.8, 4) is 22.2 Å². The topological polar surface area (TPSA) is 89.5 Å². The highest BCUT2D eigenvalue weighted by Gasteiger charge is 2.22. The van der Waals surface area contributed by atoms with E-state index in [1.54, 1.807) is 23.5 Å². The molecule has 2 aromatic heterocycles. The number of nitrogens with zero attached hydrogens (tertiary/aromatic N) is 2. The maximum absolute atomic E-state index is 12.5. The van der Waals surface area contributed by atoms with Crippen molar-refractivity contribution in [2.75, 3.05) is 6.54 Å². The average molecular weight is 355 g/mol. The van der Waals surface area contributed by atoms with Gasteiger partial charge >= 0.3 is 0 Å². The van der Waals surface area contributed by atoms with Gasteiger partial charge in [0.25, 0.3) is 5.56 Å². The number of phenolic OH excluding ortho intramolecular Hbond substituents is 2. The van der Waals surface area contributed by atoms with Crippen molar-refractivity contribution in [3.63, 3.8) is 0 Å². The zero-order valence-electron chi connectivity index (χ0n) is 13.4. The first-order valence-corrected chi connectivity index (χ1v) is 8.86. The van der Waals surface area contributed by atoms with Gasteiger partial charge in [-0.15, -0.1) is 11.3 Å². The average Bonchev–Trinajstić information content (AvgIpc) is 3.09. The number of fused-ring (bicyclic) bond motifs is 1. The third-order valence-corrected chi connectivity index (χ3v) is 5.15. The standard InChI is InChI=1S/C18H17N3O3S/c22-12-6-11(7-13(23)8-12)9-21-4-3-15-14(10-21)18(24)20-17(19-15)16-2-1-5-25-16/h1-2,5-8,22-23H,3-4,9-10H2,(H,19,20,24). The van der Waals surface area contributed by atoms with Gasteiger partial charge in [0.05, 0.1) is 16.1 Å². The van der Waals surface area contributed by atoms with Crippen molar-refractivity contribution in [1.29, 1.82) is 0 Å². The summed E-state index contributed by atoms with van der Waals surface area (Å²) in [5, 5.41) is 21.2. The van der Waals surface area contributed by atoms with Gasteiger partial charge < -0.3 is 15.2 Å². The van der Waals surface area contributed by atoms with Crippen LogP contribution in [0.4, 0.5) is 0 Å². The Balaban J connectivity index is 1.58. The summed E-state index contributed by atoms with van der Waals surface area (Å²) < 4.78 is 0. The molecule has 0 radical (unpaired) electrons. The molecule has 0 amide bonds. The molecule has 1 aliphatic heterocycles. The van der Waals surface area contributed by atoms with Crippen LogP contribution >= 0.6 is 11.3 Å². The van der Waals surface area contributed by atoms with Crippen LogP contribution in [-0.4, -0.2) is 31.6 Å². The first-order valence-electron chi connectivity index (χ1n) is 7.99. The lowest BCUT2D eigenvalue weighted by molar-refractivity contribution is 0.241. The van der Waals surface area contributed by atoms with Gasteiger partial charge in [-0.3, -0.25) is 9.69 Å². The van der Waals surface area contributed by atoms with Gasteiger partial charge in [0.1, 0.15) is 11.5 Å². The molecular weight excluding hydrogens is 338 g/mol. The molecule has 3 N–H and O–H groups in total. The monoisotopic (exact) mass is 355 g/mol. The lowest BCUT2D eigenvalue weighted by atomic mass is 10.1. The summed E-state index contributed by atoms with van der Waals surface area (Å²) in [4.78, 5) is 23.1. The summed E-state index contributed by atoms with van der Waals surface area (Å²) in [5.74, 6) is 0.699. The molecular formula is C18H17N3O3S. The molecule has 3 heterocycles. The Hall–Kier alpha value is -2.64. The lowest BCUT2D eigenvalue weighted by Gasteiger charge is -2.27. The van der Waals surface area contributed by atoms with Crippen LogP contribution in [0.1, 0.15) is 16.8 Å². The second-order valence-electron chi connectivity index (χ2n) is 6.14. The fraction of sp³-hybridized carbons (Fsp3) is 0.222. The first kappa shape index (κ1) is 15.9. The zero-order chi connectivity index (χ0) is 17.4. The Kier molecular flexibility index (Phi) is 4.03. The number of aromatic nitrogens is 2. The van der Waals surface area contributed by atoms with Gasteiger partial charge in [-0.05, 0) is 29.1 Å². The zero-order valence-corrected chi connectivity index (χ0v) is 14.2. The van der Waals surface area contributed by atoms with E-state index in [2.05, 4.69) is 14.9 Å². The molecule has 0 fully saturated rings. The van der Waals surface area contributed by atoms with E-state index in [0.717, 1.165) is 22.7 Å². The predicted molar refractivity (Wildman–Crippen MR) is 95.8 cm³/mol. The van der Waals surface area contributed by atoms with Crippen LogP contribution in [0.5, 0.6) is 11.5 Å². The van der Waals surface area contributed by atoms with Crippen molar-refractivity contribution < 1.29 is 10.2 Å². The highest BCUT2D eigenvalue weighted by atomic mass is 32.1. The van der Waals surface area contributed by atoms with Crippen molar-refractivity contribution in [2.24, 2.45) is 0 Å². The van der Waals surface area contributed by atoms with E-state index in [0.29, 0.717) is 30.9 Å². The van der Waals surface area contributed by atoms with E-state index in [1.807, 2.05) is 17.5 Å². The summed E-state index contributed by atoms with van der Waals surface area (Å²) in [7, 11) is 0. The highest BCUT2D eigenvalue weighted by Crippen LogP contribution is 2.25. The Labute approximate surface area is 148 Å². The number of nitrogens with one attached hydrogen (secondary N) is 1. The van der Waals surface area contributed by atoms with Crippen LogP contribution in [-0.2, 0) is 19.5 Å². The molecule has 0 aliphatic carbocycles. The molecule has 0 unspecified atom stereocenters. The molecule has 128 valence electrons. The fourth-order valence-corrected chi connectivity index (χ4v) is 3.82. The number of benzene rings is 1. The maximum Gasteiger partial charge on any atom is 0.255 e. The fourth-order valence-electron chi connectivity index (χ4n) is 3.15. The maximum atomic E-state index is 12.5. The normalized spacial score (nSPS) is 14.4. The number of thiophene rings is 1. The van der Waals surface area contributed by atoms with Crippen LogP contribution in [0.3, 0.4) is 0 Å². The minimum absolute atomic E-state index is 0.0347. The molecule has 0 saturated heterocycles. The van der Waals surface area contributed by atoms with Crippen LogP contribution in [0, 0.1) is 0 Å². The molecule has 25 heavy (non-hydrogen) atoms. The van der Waals surface area contributed by atoms with E-state index >= 15 is 0 Å². The minimum atomic E-state index is -0.100. The smallest absolute Gasteiger partial charge is 0.255 e. The number of aromatic hydroxyl groups is 2. The van der Waals surface area contributed by atoms with E-state index in [1.165, 1.54) is 6.07 Å². The van der Waals surface area contributed by atoms with E-state index in [4.69, 9.17) is 0 Å². The Bertz CT molecular complexity index is 946. The molecule has 6 nitrogen and oxygen atoms in total. The highest BCUT2D eigenvalue weighted by molar-refractivity contribution is 7.13. The van der Waals surface area contributed by atoms with Gasteiger partial charge in [0, 0.05) is 32.1 Å². The van der Waals surface area contributed by atoms with E-state index in [9.17, 15) is 15.0 Å². The Morgan fingerprint density at radius 3 is 2.76 bits per heavy atom. The predicted octanol–water partition coefficient (Wildman–Crippen LogP) is 2.47. The van der Waals surface area contributed by atoms with Gasteiger partial charge in [0.2, 0.25) is 0 Å². The second kappa shape index (κ2) is 6.34. The molecule has 3 aromatic rings. The number of H-pyrrole nitrogens is 1. The molecule has 1 aliphatic rings. The molecule has 1 aromatic carbocycles. The summed E-state index contributed by atoms with van der Waals surface area (Å²) in [5.41, 5.74) is 2.25. The summed E-state index contributed by atoms with van der Waals surface area (Å²) in [6.07, 6.45) is 0.697. The second-order valence-corrected chi connectivity index (χ2v) is 7.08. The molecule has 4 rings (SSSR count). The Morgan fingerprint density at radius 2 is 2.04 bits per heavy atom. The molecule has 0 atom stereocenters. The quantitative estimate of drug-likeness (QED) is 0.672. The molecule has 0 spiro atoms. The van der Waals surface area contributed by atoms with Crippen molar-refractivity contribution in [3.05, 3.63) is 62.9 Å². The molecule has 7 heteroatoms. The summed E-state index contributed by atoms with van der Waals surface area (Å²) in [6, 6.07) is 8.43. The Morgan fingerprint density at radius 1 is 1.24 bits per heavy atom. The molecule has 0 saturated carbocycles. The van der Waals surface area contributed by atoms with Crippen molar-refractivity contribution in [1.82, 2.24) is 14.9 Å². The van der Waals surface area contributed by atoms with Crippen LogP contribution in [0.15, 0.2) is 40.5 Å². The third kappa shape index (κ3) is 3.29. The lowest BCUT2D eigenvalue weighted by Crippen LogP contribution is -2.35. The van der Waals surface area contributed by atoms with Crippen molar-refractivity contribution in [2.45, 2.75) is 19.5 Å². The van der Waals surface area contributed by atoms with Gasteiger partial charge in [-0.1, -0.05) is 6.07 Å². The summed E-state index contributed by atoms with van der Waals surface area (Å²) in [6.45, 7) is 1.82. The van der Waals surface area contributed by atoms with E-state index < -0.39 is 0 Å². The first-order chi connectivity index (χ1) is 12.1. The van der Waals surface area contributed by atoms with E-state index in [-0.39, 0.29) is 17.1 Å². The minimum Gasteiger partial charge on any atom is -0.508 e. The van der Waals surface area contributed by atoms with Crippen molar-refractivity contribution >= 4 is 11.3 Å². The number of hydrogen-bond acceptors (Lipinski definition) is 6. The van der Waals surface area contributed by atoms with Gasteiger partial charge in [-0.2, -0.15) is 0 Å². The van der Waals surface area contributed by atoms with Gasteiger partial charge in [-0.25, -0.2) is 4.98 Å².